The molecule has 0 amide bonds. The molecule has 0 unspecified atom stereocenters. The van der Waals surface area contributed by atoms with Gasteiger partial charge in [0.15, 0.2) is 0 Å². The first-order valence-corrected chi connectivity index (χ1v) is 17.8. The molecule has 0 aliphatic rings. The van der Waals surface area contributed by atoms with Crippen LogP contribution in [0.4, 0.5) is 0 Å². The van der Waals surface area contributed by atoms with Gasteiger partial charge in [0.1, 0.15) is 0 Å². The summed E-state index contributed by atoms with van der Waals surface area (Å²) < 4.78 is 10.3. The Kier molecular flexibility index (Phi) is 13.9. The fourth-order valence-corrected chi connectivity index (χ4v) is 8.16. The predicted octanol–water partition coefficient (Wildman–Crippen LogP) is 1.10. The minimum atomic E-state index is -0.455. The summed E-state index contributed by atoms with van der Waals surface area (Å²) in [7, 11) is 3.38. The van der Waals surface area contributed by atoms with E-state index in [1.165, 1.54) is 43.0 Å². The second kappa shape index (κ2) is 16.6. The number of halogens is 2. The molecular formula is C34H32Cl2O2SiZr-2. The summed E-state index contributed by atoms with van der Waals surface area (Å²) in [6.45, 7) is 4.21. The first kappa shape index (κ1) is 33.6. The molecule has 0 aliphatic carbocycles. The van der Waals surface area contributed by atoms with Gasteiger partial charge in [0.25, 0.3) is 0 Å². The Morgan fingerprint density at radius 3 is 1.27 bits per heavy atom. The topological polar surface area (TPSA) is 18.5 Å². The number of benzene rings is 4. The van der Waals surface area contributed by atoms with E-state index in [4.69, 9.17) is 9.47 Å². The van der Waals surface area contributed by atoms with Gasteiger partial charge >= 0.3 is 99.8 Å². The van der Waals surface area contributed by atoms with Crippen LogP contribution in [-0.2, 0) is 23.3 Å². The third-order valence-electron chi connectivity index (χ3n) is 6.25. The number of hydrogen-bond acceptors (Lipinski definition) is 2. The van der Waals surface area contributed by atoms with Gasteiger partial charge in [0, 0.05) is 0 Å². The van der Waals surface area contributed by atoms with Crippen molar-refractivity contribution in [2.24, 2.45) is 0 Å². The Balaban J connectivity index is 0.000000206. The Hall–Kier alpha value is -2.62. The molecule has 6 heteroatoms. The number of aryl methyl sites for hydroxylation is 2. The molecule has 204 valence electrons. The van der Waals surface area contributed by atoms with Crippen LogP contribution in [0.2, 0.25) is 0 Å². The first-order valence-electron chi connectivity index (χ1n) is 12.6. The van der Waals surface area contributed by atoms with Gasteiger partial charge in [0.05, 0.1) is 25.7 Å². The molecule has 2 nitrogen and oxygen atoms in total. The van der Waals surface area contributed by atoms with Gasteiger partial charge in [-0.05, 0) is 0 Å². The fourth-order valence-electron chi connectivity index (χ4n) is 4.31. The summed E-state index contributed by atoms with van der Waals surface area (Å²) in [5.41, 5.74) is 2.15. The normalized spacial score (nSPS) is 9.75. The van der Waals surface area contributed by atoms with Crippen molar-refractivity contribution < 1.29 is 57.6 Å². The van der Waals surface area contributed by atoms with Gasteiger partial charge in [0.2, 0.25) is 0 Å². The van der Waals surface area contributed by atoms with E-state index in [9.17, 15) is 0 Å². The quantitative estimate of drug-likeness (QED) is 0.208. The molecule has 0 radical (unpaired) electrons. The molecule has 0 aromatic heterocycles. The van der Waals surface area contributed by atoms with Crippen molar-refractivity contribution in [2.45, 2.75) is 13.8 Å². The van der Waals surface area contributed by atoms with Gasteiger partial charge in [-0.2, -0.15) is 12.1 Å². The van der Waals surface area contributed by atoms with E-state index < -0.39 is 5.43 Å². The fraction of sp³-hybridized carbons (Fsp3) is 0.118. The maximum absolute atomic E-state index is 5.13. The average Bonchev–Trinajstić information content (AvgIpc) is 3.53. The summed E-state index contributed by atoms with van der Waals surface area (Å²) in [4.78, 5) is 0. The van der Waals surface area contributed by atoms with Crippen molar-refractivity contribution in [2.75, 3.05) is 14.2 Å². The third kappa shape index (κ3) is 9.21. The van der Waals surface area contributed by atoms with E-state index in [-0.39, 0.29) is 24.8 Å². The van der Waals surface area contributed by atoms with Crippen molar-refractivity contribution >= 4 is 37.4 Å². The van der Waals surface area contributed by atoms with E-state index in [0.717, 1.165) is 11.5 Å². The van der Waals surface area contributed by atoms with Gasteiger partial charge in [-0.3, -0.25) is 0 Å². The van der Waals surface area contributed by atoms with Crippen LogP contribution in [0.5, 0.6) is 11.5 Å². The number of hydrogen-bond donors (Lipinski definition) is 0. The Labute approximate surface area is 265 Å². The summed E-state index contributed by atoms with van der Waals surface area (Å²) >= 11 is 1.64. The zero-order valence-electron chi connectivity index (χ0n) is 23.1. The van der Waals surface area contributed by atoms with Crippen molar-refractivity contribution in [3.05, 3.63) is 132 Å². The van der Waals surface area contributed by atoms with E-state index in [1.807, 2.05) is 12.1 Å². The van der Waals surface area contributed by atoms with Crippen LogP contribution < -0.4 is 44.7 Å². The first-order chi connectivity index (χ1) is 18.5. The van der Waals surface area contributed by atoms with Crippen LogP contribution in [0.3, 0.4) is 0 Å². The molecule has 0 saturated carbocycles. The van der Waals surface area contributed by atoms with Crippen LogP contribution in [0.25, 0.3) is 21.5 Å². The molecule has 6 rings (SSSR count). The molecule has 6 aromatic rings. The third-order valence-corrected chi connectivity index (χ3v) is 12.3. The van der Waals surface area contributed by atoms with Crippen molar-refractivity contribution in [3.8, 4) is 11.5 Å². The average molecular weight is 663 g/mol. The van der Waals surface area contributed by atoms with Gasteiger partial charge in [-0.25, -0.2) is 0 Å². The van der Waals surface area contributed by atoms with E-state index in [2.05, 4.69) is 123 Å². The Bertz CT molecular complexity index is 1500. The maximum atomic E-state index is 5.13. The van der Waals surface area contributed by atoms with Crippen molar-refractivity contribution in [1.29, 1.82) is 0 Å². The molecule has 0 atom stereocenters. The second-order valence-corrected chi connectivity index (χ2v) is 14.8. The molecule has 0 fully saturated rings. The number of methoxy groups -OCH3 is 2. The molecule has 0 aliphatic heterocycles. The summed E-state index contributed by atoms with van der Waals surface area (Å²) in [5.74, 6) is 1.85. The predicted molar refractivity (Wildman–Crippen MR) is 160 cm³/mol. The molecule has 40 heavy (non-hydrogen) atoms. The molecule has 0 bridgehead atoms. The van der Waals surface area contributed by atoms with Crippen molar-refractivity contribution in [3.63, 3.8) is 0 Å². The molecule has 0 N–H and O–H groups in total. The van der Waals surface area contributed by atoms with Gasteiger partial charge in [-0.15, -0.1) is 56.9 Å². The Morgan fingerprint density at radius 2 is 0.925 bits per heavy atom. The zero-order chi connectivity index (χ0) is 26.9. The van der Waals surface area contributed by atoms with Crippen LogP contribution in [-0.4, -0.2) is 19.7 Å². The Morgan fingerprint density at radius 1 is 0.550 bits per heavy atom. The number of rotatable bonds is 4. The summed E-state index contributed by atoms with van der Waals surface area (Å²) in [6, 6.07) is 42.6. The van der Waals surface area contributed by atoms with Crippen molar-refractivity contribution in [1.82, 2.24) is 0 Å². The molecule has 0 spiro atoms. The number of fused-ring (bicyclic) bond motifs is 2. The second-order valence-electron chi connectivity index (χ2n) is 9.16. The summed E-state index contributed by atoms with van der Waals surface area (Å²) in [5, 5.41) is 8.11. The molecular weight excluding hydrogens is 631 g/mol. The van der Waals surface area contributed by atoms with Gasteiger partial charge < -0.3 is 34.3 Å². The van der Waals surface area contributed by atoms with Crippen LogP contribution in [0.15, 0.2) is 121 Å². The molecule has 0 saturated heterocycles. The van der Waals surface area contributed by atoms with E-state index in [0.29, 0.717) is 0 Å². The monoisotopic (exact) mass is 660 g/mol. The van der Waals surface area contributed by atoms with E-state index >= 15 is 0 Å². The van der Waals surface area contributed by atoms with Gasteiger partial charge in [-0.1, -0.05) is 38.1 Å². The van der Waals surface area contributed by atoms with Crippen LogP contribution in [0.1, 0.15) is 11.1 Å². The minimum absolute atomic E-state index is 0. The standard InChI is InChI=1S/C12H10Si.2C11H11O.2ClH.Zr/c1-3-7-11(8-4-1)13-12-9-5-2-6-10-12;2*1-8-5-9-3-4-11(12-2)7-10(9)6-8;;;/h1-10H;2*3-7H,1-2H3;2*1H;/q;2*-1;;;+2/p-2. The van der Waals surface area contributed by atoms with E-state index in [1.54, 1.807) is 37.6 Å². The molecule has 0 heterocycles. The SMILES string of the molecule is COc1ccc2[cH-]c(C)cc2c1.COc1ccc2[cH-]c(C)cc2c1.[Cl-].[Cl-].[Zr+2]=[Si](c1ccccc1)c1ccccc1. The van der Waals surface area contributed by atoms with Crippen LogP contribution >= 0.6 is 0 Å². The van der Waals surface area contributed by atoms with Crippen LogP contribution in [0, 0.1) is 13.8 Å². The number of ether oxygens (including phenoxy) is 2. The summed E-state index contributed by atoms with van der Waals surface area (Å²) in [6.07, 6.45) is 0. The molecule has 6 aromatic carbocycles. The zero-order valence-corrected chi connectivity index (χ0v) is 28.1.